The number of hydrogen-bond acceptors (Lipinski definition) is 3. The minimum Gasteiger partial charge on any atom is -0.309 e. The molecule has 1 amide bonds. The summed E-state index contributed by atoms with van der Waals surface area (Å²) < 4.78 is 5.32. The average Bonchev–Trinajstić information content (AvgIpc) is 2.62. The number of carbonyl (C=O) groups is 1. The van der Waals surface area contributed by atoms with Crippen LogP contribution in [0.5, 0.6) is 0 Å². The maximum atomic E-state index is 11.5. The zero-order chi connectivity index (χ0) is 10.8. The predicted octanol–water partition coefficient (Wildman–Crippen LogP) is 2.89. The van der Waals surface area contributed by atoms with Crippen LogP contribution < -0.4 is 5.32 Å². The van der Waals surface area contributed by atoms with Crippen molar-refractivity contribution < 1.29 is 4.79 Å². The smallest absolute Gasteiger partial charge is 0.228 e. The van der Waals surface area contributed by atoms with Gasteiger partial charge in [-0.15, -0.1) is 0 Å². The van der Waals surface area contributed by atoms with Crippen molar-refractivity contribution in [2.45, 2.75) is 13.8 Å². The molecule has 3 nitrogen and oxygen atoms in total. The first kappa shape index (κ1) is 10.1. The lowest BCUT2D eigenvalue weighted by atomic mass is 10.2. The lowest BCUT2D eigenvalue weighted by molar-refractivity contribution is -0.118. The molecule has 0 radical (unpaired) electrons. The lowest BCUT2D eigenvalue weighted by Crippen LogP contribution is -2.17. The van der Waals surface area contributed by atoms with Crippen molar-refractivity contribution in [3.63, 3.8) is 0 Å². The molecule has 0 saturated heterocycles. The van der Waals surface area contributed by atoms with Crippen LogP contribution in [0.1, 0.15) is 13.8 Å². The largest absolute Gasteiger partial charge is 0.309 e. The quantitative estimate of drug-likeness (QED) is 0.845. The minimum atomic E-state index is -0.0227. The van der Waals surface area contributed by atoms with E-state index in [4.69, 9.17) is 0 Å². The normalized spacial score (nSPS) is 10.9. The van der Waals surface area contributed by atoms with Crippen molar-refractivity contribution in [3.05, 3.63) is 24.3 Å². The molecule has 1 N–H and O–H groups in total. The molecule has 2 aromatic rings. The van der Waals surface area contributed by atoms with Gasteiger partial charge in [-0.3, -0.25) is 4.79 Å². The van der Waals surface area contributed by atoms with Crippen molar-refractivity contribution in [2.24, 2.45) is 5.92 Å². The van der Waals surface area contributed by atoms with E-state index in [1.54, 1.807) is 0 Å². The molecule has 2 rings (SSSR count). The third kappa shape index (κ3) is 1.99. The first-order valence-corrected chi connectivity index (χ1v) is 5.61. The average molecular weight is 220 g/mol. The van der Waals surface area contributed by atoms with Gasteiger partial charge in [-0.1, -0.05) is 26.0 Å². The second-order valence-electron chi connectivity index (χ2n) is 3.67. The van der Waals surface area contributed by atoms with Crippen LogP contribution in [0.4, 0.5) is 5.82 Å². The molecule has 0 atom stereocenters. The summed E-state index contributed by atoms with van der Waals surface area (Å²) in [5.74, 6) is 0.658. The van der Waals surface area contributed by atoms with Crippen molar-refractivity contribution in [2.75, 3.05) is 5.32 Å². The zero-order valence-electron chi connectivity index (χ0n) is 8.65. The molecule has 1 heterocycles. The molecular formula is C11H12N2OS. The molecule has 0 fully saturated rings. The van der Waals surface area contributed by atoms with Gasteiger partial charge in [0.15, 0.2) is 5.82 Å². The van der Waals surface area contributed by atoms with Crippen molar-refractivity contribution in [3.8, 4) is 0 Å². The van der Waals surface area contributed by atoms with Crippen molar-refractivity contribution in [1.82, 2.24) is 4.37 Å². The third-order valence-electron chi connectivity index (χ3n) is 2.14. The molecule has 0 aliphatic heterocycles. The fourth-order valence-corrected chi connectivity index (χ4v) is 1.97. The SMILES string of the molecule is CC(C)C(=O)Nc1nsc2ccccc12. The number of benzene rings is 1. The summed E-state index contributed by atoms with van der Waals surface area (Å²) in [6.45, 7) is 3.73. The van der Waals surface area contributed by atoms with Gasteiger partial charge in [0.25, 0.3) is 0 Å². The Labute approximate surface area is 92.3 Å². The Balaban J connectivity index is 2.33. The van der Waals surface area contributed by atoms with Crippen LogP contribution in [0.3, 0.4) is 0 Å². The van der Waals surface area contributed by atoms with Crippen LogP contribution in [0.25, 0.3) is 10.1 Å². The second kappa shape index (κ2) is 3.98. The van der Waals surface area contributed by atoms with Gasteiger partial charge in [0.1, 0.15) is 0 Å². The second-order valence-corrected chi connectivity index (χ2v) is 4.48. The van der Waals surface area contributed by atoms with Crippen molar-refractivity contribution >= 4 is 33.3 Å². The van der Waals surface area contributed by atoms with E-state index in [0.29, 0.717) is 5.82 Å². The summed E-state index contributed by atoms with van der Waals surface area (Å²) >= 11 is 1.40. The molecule has 0 aliphatic carbocycles. The van der Waals surface area contributed by atoms with Gasteiger partial charge in [-0.2, -0.15) is 4.37 Å². The first-order valence-electron chi connectivity index (χ1n) is 4.84. The number of rotatable bonds is 2. The number of aromatic nitrogens is 1. The molecule has 0 unspecified atom stereocenters. The van der Waals surface area contributed by atoms with Crippen LogP contribution in [-0.4, -0.2) is 10.3 Å². The van der Waals surface area contributed by atoms with E-state index in [9.17, 15) is 4.79 Å². The third-order valence-corrected chi connectivity index (χ3v) is 2.97. The van der Waals surface area contributed by atoms with E-state index in [2.05, 4.69) is 9.69 Å². The van der Waals surface area contributed by atoms with E-state index >= 15 is 0 Å². The van der Waals surface area contributed by atoms with Crippen LogP contribution in [0.2, 0.25) is 0 Å². The van der Waals surface area contributed by atoms with E-state index < -0.39 is 0 Å². The Morgan fingerprint density at radius 2 is 2.13 bits per heavy atom. The van der Waals surface area contributed by atoms with E-state index in [0.717, 1.165) is 10.1 Å². The standard InChI is InChI=1S/C11H12N2OS/c1-7(2)11(14)12-10-8-5-3-4-6-9(8)15-13-10/h3-7H,1-2H3,(H,12,13,14). The number of amides is 1. The number of carbonyl (C=O) groups excluding carboxylic acids is 1. The molecule has 0 aliphatic rings. The number of nitrogens with one attached hydrogen (secondary N) is 1. The fraction of sp³-hybridized carbons (Fsp3) is 0.273. The highest BCUT2D eigenvalue weighted by atomic mass is 32.1. The summed E-state index contributed by atoms with van der Waals surface area (Å²) in [5, 5.41) is 3.84. The first-order chi connectivity index (χ1) is 7.18. The fourth-order valence-electron chi connectivity index (χ4n) is 1.24. The molecule has 0 saturated carbocycles. The summed E-state index contributed by atoms with van der Waals surface area (Å²) in [6.07, 6.45) is 0. The van der Waals surface area contributed by atoms with Gasteiger partial charge in [-0.25, -0.2) is 0 Å². The molecule has 78 valence electrons. The number of fused-ring (bicyclic) bond motifs is 1. The minimum absolute atomic E-state index is 0.00560. The summed E-state index contributed by atoms with van der Waals surface area (Å²) in [4.78, 5) is 11.5. The summed E-state index contributed by atoms with van der Waals surface area (Å²) in [6, 6.07) is 7.88. The van der Waals surface area contributed by atoms with Gasteiger partial charge in [0.2, 0.25) is 5.91 Å². The Kier molecular flexibility index (Phi) is 2.68. The van der Waals surface area contributed by atoms with Gasteiger partial charge >= 0.3 is 0 Å². The Morgan fingerprint density at radius 1 is 1.40 bits per heavy atom. The van der Waals surface area contributed by atoms with E-state index in [1.807, 2.05) is 38.1 Å². The summed E-state index contributed by atoms with van der Waals surface area (Å²) in [5.41, 5.74) is 0. The lowest BCUT2D eigenvalue weighted by Gasteiger charge is -2.04. The maximum Gasteiger partial charge on any atom is 0.228 e. The molecule has 4 heteroatoms. The number of anilines is 1. The predicted molar refractivity (Wildman–Crippen MR) is 63.1 cm³/mol. The maximum absolute atomic E-state index is 11.5. The highest BCUT2D eigenvalue weighted by Crippen LogP contribution is 2.26. The Morgan fingerprint density at radius 3 is 2.87 bits per heavy atom. The molecule has 1 aromatic heterocycles. The van der Waals surface area contributed by atoms with E-state index in [1.165, 1.54) is 11.5 Å². The van der Waals surface area contributed by atoms with Gasteiger partial charge < -0.3 is 5.32 Å². The summed E-state index contributed by atoms with van der Waals surface area (Å²) in [7, 11) is 0. The topological polar surface area (TPSA) is 42.0 Å². The van der Waals surface area contributed by atoms with Crippen molar-refractivity contribution in [1.29, 1.82) is 0 Å². The van der Waals surface area contributed by atoms with E-state index in [-0.39, 0.29) is 11.8 Å². The molecular weight excluding hydrogens is 208 g/mol. The molecule has 0 bridgehead atoms. The van der Waals surface area contributed by atoms with Crippen LogP contribution in [0.15, 0.2) is 24.3 Å². The number of nitrogens with zero attached hydrogens (tertiary/aromatic N) is 1. The van der Waals surface area contributed by atoms with Gasteiger partial charge in [0.05, 0.1) is 4.70 Å². The van der Waals surface area contributed by atoms with Gasteiger partial charge in [-0.05, 0) is 23.7 Å². The van der Waals surface area contributed by atoms with Crippen LogP contribution >= 0.6 is 11.5 Å². The monoisotopic (exact) mass is 220 g/mol. The molecule has 0 spiro atoms. The Bertz CT molecular complexity index is 490. The highest BCUT2D eigenvalue weighted by molar-refractivity contribution is 7.13. The molecule has 1 aromatic carbocycles. The van der Waals surface area contributed by atoms with Crippen LogP contribution in [-0.2, 0) is 4.79 Å². The molecule has 15 heavy (non-hydrogen) atoms. The highest BCUT2D eigenvalue weighted by Gasteiger charge is 2.11. The number of hydrogen-bond donors (Lipinski definition) is 1. The zero-order valence-corrected chi connectivity index (χ0v) is 9.47. The van der Waals surface area contributed by atoms with Crippen LogP contribution in [0, 0.1) is 5.92 Å². The Hall–Kier alpha value is -1.42. The van der Waals surface area contributed by atoms with Gasteiger partial charge in [0, 0.05) is 11.3 Å².